The number of aryl methyl sites for hydroxylation is 1. The van der Waals surface area contributed by atoms with E-state index in [0.717, 1.165) is 17.5 Å². The molecule has 1 N–H and O–H groups in total. The summed E-state index contributed by atoms with van der Waals surface area (Å²) in [6, 6.07) is 23.0. The Kier molecular flexibility index (Phi) is 5.53. The molecule has 4 rings (SSSR count). The molecule has 1 unspecified atom stereocenters. The van der Waals surface area contributed by atoms with Crippen LogP contribution in [-0.4, -0.2) is 30.6 Å². The van der Waals surface area contributed by atoms with E-state index in [9.17, 15) is 9.59 Å². The van der Waals surface area contributed by atoms with Crippen molar-refractivity contribution in [3.8, 4) is 0 Å². The molecule has 2 amide bonds. The number of esters is 1. The monoisotopic (exact) mass is 400 g/mol. The molecular formula is C25H24N2O3. The Bertz CT molecular complexity index is 1080. The van der Waals surface area contributed by atoms with Crippen LogP contribution in [0.5, 0.6) is 0 Å². The van der Waals surface area contributed by atoms with Crippen molar-refractivity contribution in [1.82, 2.24) is 4.90 Å². The van der Waals surface area contributed by atoms with Gasteiger partial charge < -0.3 is 15.0 Å². The van der Waals surface area contributed by atoms with Crippen LogP contribution in [0.2, 0.25) is 0 Å². The zero-order valence-electron chi connectivity index (χ0n) is 17.1. The minimum atomic E-state index is -0.435. The topological polar surface area (TPSA) is 58.6 Å². The lowest BCUT2D eigenvalue weighted by atomic mass is 9.88. The van der Waals surface area contributed by atoms with Gasteiger partial charge in [-0.2, -0.15) is 0 Å². The molecule has 152 valence electrons. The highest BCUT2D eigenvalue weighted by molar-refractivity contribution is 5.94. The molecule has 0 radical (unpaired) electrons. The third-order valence-corrected chi connectivity index (χ3v) is 5.47. The van der Waals surface area contributed by atoms with Crippen molar-refractivity contribution in [1.29, 1.82) is 0 Å². The largest absolute Gasteiger partial charge is 0.465 e. The number of anilines is 1. The van der Waals surface area contributed by atoms with Gasteiger partial charge in [0.2, 0.25) is 0 Å². The van der Waals surface area contributed by atoms with E-state index in [1.807, 2.05) is 17.0 Å². The second-order valence-electron chi connectivity index (χ2n) is 7.46. The fraction of sp³-hybridized carbons (Fsp3) is 0.200. The molecule has 1 heterocycles. The predicted molar refractivity (Wildman–Crippen MR) is 117 cm³/mol. The van der Waals surface area contributed by atoms with Gasteiger partial charge in [0, 0.05) is 12.2 Å². The van der Waals surface area contributed by atoms with E-state index in [2.05, 4.69) is 48.6 Å². The van der Waals surface area contributed by atoms with Crippen molar-refractivity contribution >= 4 is 17.7 Å². The first kappa shape index (κ1) is 19.7. The molecule has 0 aromatic heterocycles. The summed E-state index contributed by atoms with van der Waals surface area (Å²) in [5.74, 6) is -0.435. The quantitative estimate of drug-likeness (QED) is 0.632. The number of methoxy groups -OCH3 is 1. The Morgan fingerprint density at radius 1 is 1.00 bits per heavy atom. The molecule has 3 aromatic carbocycles. The lowest BCUT2D eigenvalue weighted by molar-refractivity contribution is 0.0600. The number of benzene rings is 3. The van der Waals surface area contributed by atoms with Gasteiger partial charge >= 0.3 is 12.0 Å². The molecule has 0 bridgehead atoms. The number of urea groups is 1. The van der Waals surface area contributed by atoms with Crippen LogP contribution >= 0.6 is 0 Å². The molecule has 0 fully saturated rings. The lowest BCUT2D eigenvalue weighted by Crippen LogP contribution is -2.43. The van der Waals surface area contributed by atoms with Crippen LogP contribution in [0.3, 0.4) is 0 Å². The summed E-state index contributed by atoms with van der Waals surface area (Å²) >= 11 is 0. The van der Waals surface area contributed by atoms with Gasteiger partial charge in [0.15, 0.2) is 0 Å². The first-order valence-electron chi connectivity index (χ1n) is 9.97. The van der Waals surface area contributed by atoms with Crippen molar-refractivity contribution in [3.63, 3.8) is 0 Å². The second kappa shape index (κ2) is 8.41. The molecule has 0 spiro atoms. The van der Waals surface area contributed by atoms with Crippen LogP contribution in [0, 0.1) is 6.92 Å². The van der Waals surface area contributed by atoms with Gasteiger partial charge in [-0.3, -0.25) is 0 Å². The first-order chi connectivity index (χ1) is 14.6. The summed E-state index contributed by atoms with van der Waals surface area (Å²) in [7, 11) is 1.34. The van der Waals surface area contributed by atoms with E-state index < -0.39 is 5.97 Å². The number of hydrogen-bond acceptors (Lipinski definition) is 3. The third-order valence-electron chi connectivity index (χ3n) is 5.47. The molecular weight excluding hydrogens is 376 g/mol. The highest BCUT2D eigenvalue weighted by atomic mass is 16.5. The summed E-state index contributed by atoms with van der Waals surface area (Å²) < 4.78 is 4.77. The molecule has 1 aliphatic heterocycles. The summed E-state index contributed by atoms with van der Waals surface area (Å²) in [6.07, 6.45) is 0.800. The highest BCUT2D eigenvalue weighted by Gasteiger charge is 2.32. The summed E-state index contributed by atoms with van der Waals surface area (Å²) in [5, 5.41) is 2.95. The number of carbonyl (C=O) groups is 2. The number of ether oxygens (including phenoxy) is 1. The van der Waals surface area contributed by atoms with E-state index in [1.165, 1.54) is 18.2 Å². The van der Waals surface area contributed by atoms with Gasteiger partial charge in [-0.1, -0.05) is 60.2 Å². The predicted octanol–water partition coefficient (Wildman–Crippen LogP) is 4.96. The number of rotatable bonds is 3. The molecule has 1 atom stereocenters. The van der Waals surface area contributed by atoms with Crippen molar-refractivity contribution in [2.75, 3.05) is 19.0 Å². The van der Waals surface area contributed by atoms with Crippen LogP contribution in [0.1, 0.15) is 38.7 Å². The lowest BCUT2D eigenvalue weighted by Gasteiger charge is -2.37. The average molecular weight is 400 g/mol. The minimum Gasteiger partial charge on any atom is -0.465 e. The SMILES string of the molecule is COC(=O)c1cccc(NC(=O)N2CCc3ccccc3C2c2ccc(C)cc2)c1. The fourth-order valence-corrected chi connectivity index (χ4v) is 3.93. The van der Waals surface area contributed by atoms with Gasteiger partial charge in [0.05, 0.1) is 18.7 Å². The molecule has 0 saturated carbocycles. The van der Waals surface area contributed by atoms with E-state index in [0.29, 0.717) is 17.8 Å². The van der Waals surface area contributed by atoms with Crippen LogP contribution < -0.4 is 5.32 Å². The second-order valence-corrected chi connectivity index (χ2v) is 7.46. The molecule has 3 aromatic rings. The van der Waals surface area contributed by atoms with Gasteiger partial charge in [-0.05, 0) is 48.2 Å². The van der Waals surface area contributed by atoms with Gasteiger partial charge in [-0.15, -0.1) is 0 Å². The zero-order chi connectivity index (χ0) is 21.1. The van der Waals surface area contributed by atoms with Crippen LogP contribution in [0.25, 0.3) is 0 Å². The molecule has 0 aliphatic carbocycles. The Morgan fingerprint density at radius 3 is 2.53 bits per heavy atom. The van der Waals surface area contributed by atoms with Crippen molar-refractivity contribution in [2.24, 2.45) is 0 Å². The fourth-order valence-electron chi connectivity index (χ4n) is 3.93. The van der Waals surface area contributed by atoms with Gasteiger partial charge in [-0.25, -0.2) is 9.59 Å². The van der Waals surface area contributed by atoms with Crippen molar-refractivity contribution < 1.29 is 14.3 Å². The number of nitrogens with zero attached hydrogens (tertiary/aromatic N) is 1. The van der Waals surface area contributed by atoms with E-state index in [4.69, 9.17) is 4.74 Å². The number of carbonyl (C=O) groups excluding carboxylic acids is 2. The van der Waals surface area contributed by atoms with E-state index >= 15 is 0 Å². The molecule has 5 nitrogen and oxygen atoms in total. The maximum absolute atomic E-state index is 13.3. The van der Waals surface area contributed by atoms with Crippen LogP contribution in [0.4, 0.5) is 10.5 Å². The number of amides is 2. The van der Waals surface area contributed by atoms with Crippen molar-refractivity contribution in [2.45, 2.75) is 19.4 Å². The Morgan fingerprint density at radius 2 is 1.77 bits per heavy atom. The smallest absolute Gasteiger partial charge is 0.337 e. The minimum absolute atomic E-state index is 0.167. The third kappa shape index (κ3) is 3.92. The Labute approximate surface area is 176 Å². The zero-order valence-corrected chi connectivity index (χ0v) is 17.1. The summed E-state index contributed by atoms with van der Waals surface area (Å²) in [6.45, 7) is 2.66. The normalized spacial score (nSPS) is 15.3. The number of nitrogens with one attached hydrogen (secondary N) is 1. The summed E-state index contributed by atoms with van der Waals surface area (Å²) in [5.41, 5.74) is 5.62. The Balaban J connectivity index is 1.65. The number of fused-ring (bicyclic) bond motifs is 1. The summed E-state index contributed by atoms with van der Waals surface area (Å²) in [4.78, 5) is 26.9. The maximum atomic E-state index is 13.3. The average Bonchev–Trinajstić information content (AvgIpc) is 2.78. The molecule has 5 heteroatoms. The Hall–Kier alpha value is -3.60. The van der Waals surface area contributed by atoms with Crippen LogP contribution in [0.15, 0.2) is 72.8 Å². The van der Waals surface area contributed by atoms with Gasteiger partial charge in [0.1, 0.15) is 0 Å². The molecule has 0 saturated heterocycles. The first-order valence-corrected chi connectivity index (χ1v) is 9.97. The molecule has 1 aliphatic rings. The van der Waals surface area contributed by atoms with Crippen molar-refractivity contribution in [3.05, 3.63) is 101 Å². The highest BCUT2D eigenvalue weighted by Crippen LogP contribution is 2.35. The maximum Gasteiger partial charge on any atom is 0.337 e. The van der Waals surface area contributed by atoms with E-state index in [-0.39, 0.29) is 12.1 Å². The standard InChI is InChI=1S/C25H24N2O3/c1-17-10-12-19(13-11-17)23-22-9-4-3-6-18(22)14-15-27(23)25(29)26-21-8-5-7-20(16-21)24(28)30-2/h3-13,16,23H,14-15H2,1-2H3,(H,26,29). The molecule has 30 heavy (non-hydrogen) atoms. The number of hydrogen-bond donors (Lipinski definition) is 1. The van der Waals surface area contributed by atoms with Crippen LogP contribution in [-0.2, 0) is 11.2 Å². The van der Waals surface area contributed by atoms with E-state index in [1.54, 1.807) is 24.3 Å². The van der Waals surface area contributed by atoms with Gasteiger partial charge in [0.25, 0.3) is 0 Å².